The van der Waals surface area contributed by atoms with Crippen molar-refractivity contribution in [1.29, 1.82) is 0 Å². The highest BCUT2D eigenvalue weighted by Gasteiger charge is 2.26. The van der Waals surface area contributed by atoms with E-state index in [1.54, 1.807) is 12.3 Å². The molecule has 0 aliphatic carbocycles. The first-order chi connectivity index (χ1) is 8.20. The van der Waals surface area contributed by atoms with Gasteiger partial charge in [0.15, 0.2) is 0 Å². The Bertz CT molecular complexity index is 405. The average Bonchev–Trinajstić information content (AvgIpc) is 2.80. The third-order valence-electron chi connectivity index (χ3n) is 2.45. The number of nitrogen functional groups attached to an aromatic ring is 1. The number of nitrogens with zero attached hydrogens (tertiary/aromatic N) is 2. The number of ether oxygens (including phenoxy) is 1. The van der Waals surface area contributed by atoms with Crippen molar-refractivity contribution in [2.24, 2.45) is 0 Å². The minimum absolute atomic E-state index is 0.0202. The standard InChI is InChI=1S/C9H13N3O3.C2H6/c10-7-3-4-12(9(14)11-7)8-2-1-6(5-13)15-8;1-2/h3-4,6,8,13H,1-2,5H2,(H2,10,11,14);1-2H3. The van der Waals surface area contributed by atoms with Crippen molar-refractivity contribution in [3.63, 3.8) is 0 Å². The van der Waals surface area contributed by atoms with Crippen LogP contribution < -0.4 is 11.4 Å². The second-order valence-electron chi connectivity index (χ2n) is 3.51. The first-order valence-corrected chi connectivity index (χ1v) is 5.81. The molecule has 0 amide bonds. The van der Waals surface area contributed by atoms with Gasteiger partial charge in [0.2, 0.25) is 0 Å². The molecule has 0 spiro atoms. The Morgan fingerprint density at radius 2 is 2.29 bits per heavy atom. The lowest BCUT2D eigenvalue weighted by molar-refractivity contribution is -0.0245. The van der Waals surface area contributed by atoms with Crippen molar-refractivity contribution < 1.29 is 9.84 Å². The van der Waals surface area contributed by atoms with Gasteiger partial charge in [-0.3, -0.25) is 4.57 Å². The number of rotatable bonds is 2. The molecule has 1 aromatic rings. The summed E-state index contributed by atoms with van der Waals surface area (Å²) in [5, 5.41) is 8.90. The molecule has 1 aliphatic rings. The van der Waals surface area contributed by atoms with E-state index in [9.17, 15) is 4.79 Å². The second kappa shape index (κ2) is 6.36. The second-order valence-corrected chi connectivity index (χ2v) is 3.51. The fourth-order valence-electron chi connectivity index (χ4n) is 1.67. The Morgan fingerprint density at radius 3 is 2.82 bits per heavy atom. The van der Waals surface area contributed by atoms with Gasteiger partial charge in [0, 0.05) is 6.20 Å². The predicted octanol–water partition coefficient (Wildman–Crippen LogP) is 0.522. The number of anilines is 1. The molecule has 2 rings (SSSR count). The lowest BCUT2D eigenvalue weighted by atomic mass is 10.2. The Kier molecular flexibility index (Phi) is 5.11. The molecule has 0 aromatic carbocycles. The maximum absolute atomic E-state index is 11.5. The summed E-state index contributed by atoms with van der Waals surface area (Å²) >= 11 is 0. The largest absolute Gasteiger partial charge is 0.394 e. The van der Waals surface area contributed by atoms with E-state index in [4.69, 9.17) is 15.6 Å². The van der Waals surface area contributed by atoms with Gasteiger partial charge in [-0.2, -0.15) is 4.98 Å². The maximum Gasteiger partial charge on any atom is 0.351 e. The predicted molar refractivity (Wildman–Crippen MR) is 64.5 cm³/mol. The molecule has 6 heteroatoms. The summed E-state index contributed by atoms with van der Waals surface area (Å²) in [6, 6.07) is 1.55. The van der Waals surface area contributed by atoms with Crippen LogP contribution >= 0.6 is 0 Å². The smallest absolute Gasteiger partial charge is 0.351 e. The Balaban J connectivity index is 0.000000686. The first-order valence-electron chi connectivity index (χ1n) is 5.81. The molecule has 0 saturated carbocycles. The molecule has 0 bridgehead atoms. The molecule has 3 N–H and O–H groups in total. The van der Waals surface area contributed by atoms with Gasteiger partial charge in [0.1, 0.15) is 12.0 Å². The SMILES string of the molecule is CC.Nc1ccn(C2CCC(CO)O2)c(=O)n1. The fraction of sp³-hybridized carbons (Fsp3) is 0.636. The van der Waals surface area contributed by atoms with Gasteiger partial charge in [0.25, 0.3) is 0 Å². The molecule has 1 fully saturated rings. The van der Waals surface area contributed by atoms with E-state index in [0.717, 1.165) is 6.42 Å². The number of hydrogen-bond acceptors (Lipinski definition) is 5. The summed E-state index contributed by atoms with van der Waals surface area (Å²) < 4.78 is 6.84. The maximum atomic E-state index is 11.5. The zero-order chi connectivity index (χ0) is 12.8. The van der Waals surface area contributed by atoms with Gasteiger partial charge in [-0.25, -0.2) is 4.79 Å². The molecular formula is C11H19N3O3. The van der Waals surface area contributed by atoms with Crippen molar-refractivity contribution >= 4 is 5.82 Å². The van der Waals surface area contributed by atoms with Gasteiger partial charge in [-0.05, 0) is 18.9 Å². The molecule has 17 heavy (non-hydrogen) atoms. The van der Waals surface area contributed by atoms with Crippen LogP contribution in [0, 0.1) is 0 Å². The zero-order valence-corrected chi connectivity index (χ0v) is 10.2. The topological polar surface area (TPSA) is 90.4 Å². The van der Waals surface area contributed by atoms with Gasteiger partial charge in [-0.1, -0.05) is 13.8 Å². The summed E-state index contributed by atoms with van der Waals surface area (Å²) in [6.07, 6.45) is 2.51. The van der Waals surface area contributed by atoms with Crippen LogP contribution in [0.1, 0.15) is 32.9 Å². The van der Waals surface area contributed by atoms with E-state index in [0.29, 0.717) is 6.42 Å². The van der Waals surface area contributed by atoms with Crippen LogP contribution in [0.4, 0.5) is 5.82 Å². The van der Waals surface area contributed by atoms with Crippen LogP contribution in [0.3, 0.4) is 0 Å². The van der Waals surface area contributed by atoms with Gasteiger partial charge < -0.3 is 15.6 Å². The summed E-state index contributed by atoms with van der Waals surface area (Å²) in [4.78, 5) is 15.1. The van der Waals surface area contributed by atoms with Gasteiger partial charge in [-0.15, -0.1) is 0 Å². The molecule has 0 radical (unpaired) electrons. The van der Waals surface area contributed by atoms with E-state index in [1.807, 2.05) is 13.8 Å². The molecule has 2 unspecified atom stereocenters. The van der Waals surface area contributed by atoms with E-state index >= 15 is 0 Å². The minimum Gasteiger partial charge on any atom is -0.394 e. The summed E-state index contributed by atoms with van der Waals surface area (Å²) in [7, 11) is 0. The molecular weight excluding hydrogens is 222 g/mol. The normalized spacial score (nSPS) is 23.0. The van der Waals surface area contributed by atoms with Crippen molar-refractivity contribution in [1.82, 2.24) is 9.55 Å². The van der Waals surface area contributed by atoms with E-state index in [-0.39, 0.29) is 24.8 Å². The first kappa shape index (κ1) is 13.7. The number of aliphatic hydroxyl groups is 1. The summed E-state index contributed by atoms with van der Waals surface area (Å²) in [5.41, 5.74) is 4.96. The third-order valence-corrected chi connectivity index (χ3v) is 2.45. The van der Waals surface area contributed by atoms with Crippen LogP contribution in [0.2, 0.25) is 0 Å². The van der Waals surface area contributed by atoms with Crippen LogP contribution in [-0.2, 0) is 4.74 Å². The van der Waals surface area contributed by atoms with E-state index in [2.05, 4.69) is 4.98 Å². The molecule has 1 aromatic heterocycles. The fourth-order valence-corrected chi connectivity index (χ4v) is 1.67. The lowest BCUT2D eigenvalue weighted by Gasteiger charge is -2.14. The van der Waals surface area contributed by atoms with Crippen molar-refractivity contribution in [2.75, 3.05) is 12.3 Å². The zero-order valence-electron chi connectivity index (χ0n) is 10.2. The monoisotopic (exact) mass is 241 g/mol. The van der Waals surface area contributed by atoms with Crippen LogP contribution in [0.25, 0.3) is 0 Å². The van der Waals surface area contributed by atoms with Crippen LogP contribution in [0.15, 0.2) is 17.1 Å². The average molecular weight is 241 g/mol. The molecule has 1 aliphatic heterocycles. The minimum atomic E-state index is -0.418. The quantitative estimate of drug-likeness (QED) is 0.787. The summed E-state index contributed by atoms with van der Waals surface area (Å²) in [6.45, 7) is 3.98. The number of aromatic nitrogens is 2. The van der Waals surface area contributed by atoms with Crippen LogP contribution in [0.5, 0.6) is 0 Å². The highest BCUT2D eigenvalue weighted by atomic mass is 16.5. The molecule has 96 valence electrons. The van der Waals surface area contributed by atoms with Crippen molar-refractivity contribution in [2.45, 2.75) is 39.0 Å². The molecule has 2 heterocycles. The Labute approximate surface area is 100 Å². The van der Waals surface area contributed by atoms with Gasteiger partial charge >= 0.3 is 5.69 Å². The Hall–Kier alpha value is -1.40. The highest BCUT2D eigenvalue weighted by Crippen LogP contribution is 2.26. The van der Waals surface area contributed by atoms with E-state index < -0.39 is 5.69 Å². The lowest BCUT2D eigenvalue weighted by Crippen LogP contribution is -2.27. The number of aliphatic hydroxyl groups excluding tert-OH is 1. The van der Waals surface area contributed by atoms with Gasteiger partial charge in [0.05, 0.1) is 12.7 Å². The highest BCUT2D eigenvalue weighted by molar-refractivity contribution is 5.23. The molecule has 2 atom stereocenters. The van der Waals surface area contributed by atoms with Crippen LogP contribution in [-0.4, -0.2) is 27.4 Å². The third kappa shape index (κ3) is 3.28. The number of nitrogens with two attached hydrogens (primary N) is 1. The molecule has 1 saturated heterocycles. The molecule has 6 nitrogen and oxygen atoms in total. The van der Waals surface area contributed by atoms with Crippen molar-refractivity contribution in [3.8, 4) is 0 Å². The van der Waals surface area contributed by atoms with Crippen molar-refractivity contribution in [3.05, 3.63) is 22.7 Å². The number of hydrogen-bond donors (Lipinski definition) is 2. The van der Waals surface area contributed by atoms with E-state index in [1.165, 1.54) is 4.57 Å². The Morgan fingerprint density at radius 1 is 1.59 bits per heavy atom. The summed E-state index contributed by atoms with van der Waals surface area (Å²) in [5.74, 6) is 0.202.